The molecule has 0 bridgehead atoms. The average Bonchev–Trinajstić information content (AvgIpc) is 3.09. The van der Waals surface area contributed by atoms with Gasteiger partial charge < -0.3 is 10.2 Å². The molecule has 1 aliphatic heterocycles. The van der Waals surface area contributed by atoms with Crippen LogP contribution in [0.5, 0.6) is 0 Å². The Morgan fingerprint density at radius 3 is 2.74 bits per heavy atom. The second kappa shape index (κ2) is 5.65. The molecular weight excluding hydrogens is 304 g/mol. The molecule has 104 valence electrons. The number of halogens is 1. The Balaban J connectivity index is 1.87. The lowest BCUT2D eigenvalue weighted by Gasteiger charge is -2.31. The van der Waals surface area contributed by atoms with Gasteiger partial charge in [0.25, 0.3) is 0 Å². The van der Waals surface area contributed by atoms with E-state index in [9.17, 15) is 0 Å². The van der Waals surface area contributed by atoms with E-state index in [4.69, 9.17) is 0 Å². The summed E-state index contributed by atoms with van der Waals surface area (Å²) in [7, 11) is 1.90. The van der Waals surface area contributed by atoms with Crippen molar-refractivity contribution in [2.45, 2.75) is 44.6 Å². The summed E-state index contributed by atoms with van der Waals surface area (Å²) < 4.78 is 1.00. The lowest BCUT2D eigenvalue weighted by Crippen LogP contribution is -2.35. The second-order valence-corrected chi connectivity index (χ2v) is 6.35. The maximum atomic E-state index is 4.52. The van der Waals surface area contributed by atoms with E-state index in [1.54, 1.807) is 6.33 Å². The second-order valence-electron chi connectivity index (χ2n) is 5.56. The molecule has 2 heterocycles. The van der Waals surface area contributed by atoms with Crippen molar-refractivity contribution in [3.05, 3.63) is 10.8 Å². The molecule has 1 aromatic rings. The molecule has 3 rings (SSSR count). The molecule has 4 nitrogen and oxygen atoms in total. The summed E-state index contributed by atoms with van der Waals surface area (Å²) >= 11 is 3.66. The summed E-state index contributed by atoms with van der Waals surface area (Å²) in [5, 5.41) is 3.12. The number of nitrogens with zero attached hydrogens (tertiary/aromatic N) is 3. The van der Waals surface area contributed by atoms with E-state index in [0.717, 1.165) is 28.6 Å². The molecule has 1 aliphatic carbocycles. The van der Waals surface area contributed by atoms with Crippen molar-refractivity contribution in [3.63, 3.8) is 0 Å². The predicted octanol–water partition coefficient (Wildman–Crippen LogP) is 3.44. The maximum absolute atomic E-state index is 4.52. The first kappa shape index (κ1) is 13.2. The van der Waals surface area contributed by atoms with Crippen LogP contribution in [0, 0.1) is 5.92 Å². The van der Waals surface area contributed by atoms with Crippen LogP contribution >= 0.6 is 15.9 Å². The summed E-state index contributed by atoms with van der Waals surface area (Å²) in [6, 6.07) is 0.679. The van der Waals surface area contributed by atoms with Gasteiger partial charge in [-0.25, -0.2) is 9.97 Å². The number of nitrogens with one attached hydrogen (secondary N) is 1. The zero-order valence-corrected chi connectivity index (χ0v) is 13.0. The van der Waals surface area contributed by atoms with Crippen LogP contribution in [-0.4, -0.2) is 29.6 Å². The third-order valence-corrected chi connectivity index (χ3v) is 5.25. The number of hydrogen-bond acceptors (Lipinski definition) is 4. The van der Waals surface area contributed by atoms with Gasteiger partial charge in [-0.3, -0.25) is 0 Å². The van der Waals surface area contributed by atoms with Crippen molar-refractivity contribution in [2.24, 2.45) is 5.92 Å². The van der Waals surface area contributed by atoms with Gasteiger partial charge in [0.1, 0.15) is 22.4 Å². The topological polar surface area (TPSA) is 41.1 Å². The highest BCUT2D eigenvalue weighted by Gasteiger charge is 2.35. The Hall–Kier alpha value is -0.840. The largest absolute Gasteiger partial charge is 0.372 e. The zero-order chi connectivity index (χ0) is 13.2. The van der Waals surface area contributed by atoms with Crippen LogP contribution in [0.15, 0.2) is 10.8 Å². The fourth-order valence-corrected chi connectivity index (χ4v) is 4.25. The van der Waals surface area contributed by atoms with Crippen LogP contribution in [0.3, 0.4) is 0 Å². The Kier molecular flexibility index (Phi) is 3.91. The minimum Gasteiger partial charge on any atom is -0.372 e. The molecule has 1 unspecified atom stereocenters. The molecule has 2 aliphatic rings. The van der Waals surface area contributed by atoms with Crippen LogP contribution in [0.25, 0.3) is 0 Å². The van der Waals surface area contributed by atoms with E-state index in [-0.39, 0.29) is 0 Å². The monoisotopic (exact) mass is 324 g/mol. The van der Waals surface area contributed by atoms with Crippen LogP contribution < -0.4 is 10.2 Å². The minimum absolute atomic E-state index is 0.679. The van der Waals surface area contributed by atoms with Gasteiger partial charge in [-0.05, 0) is 47.5 Å². The lowest BCUT2D eigenvalue weighted by molar-refractivity contribution is 0.429. The molecule has 1 saturated carbocycles. The average molecular weight is 325 g/mol. The molecule has 5 heteroatoms. The first-order valence-corrected chi connectivity index (χ1v) is 8.05. The van der Waals surface area contributed by atoms with Gasteiger partial charge in [-0.15, -0.1) is 0 Å². The molecule has 0 spiro atoms. The van der Waals surface area contributed by atoms with Gasteiger partial charge in [0, 0.05) is 19.6 Å². The van der Waals surface area contributed by atoms with Crippen molar-refractivity contribution in [1.29, 1.82) is 0 Å². The third kappa shape index (κ3) is 2.45. The highest BCUT2D eigenvalue weighted by molar-refractivity contribution is 9.10. The Morgan fingerprint density at radius 2 is 2.00 bits per heavy atom. The van der Waals surface area contributed by atoms with Gasteiger partial charge in [0.05, 0.1) is 0 Å². The third-order valence-electron chi connectivity index (χ3n) is 4.52. The normalized spacial score (nSPS) is 24.1. The molecule has 1 N–H and O–H groups in total. The van der Waals surface area contributed by atoms with Crippen LogP contribution in [0.1, 0.15) is 38.5 Å². The van der Waals surface area contributed by atoms with Gasteiger partial charge in [0.15, 0.2) is 0 Å². The first-order valence-electron chi connectivity index (χ1n) is 7.26. The van der Waals surface area contributed by atoms with Crippen molar-refractivity contribution in [1.82, 2.24) is 9.97 Å². The molecular formula is C14H21BrN4. The summed E-state index contributed by atoms with van der Waals surface area (Å²) in [6.45, 7) is 1.12. The Bertz CT molecular complexity index is 445. The van der Waals surface area contributed by atoms with Crippen molar-refractivity contribution >= 4 is 27.6 Å². The lowest BCUT2D eigenvalue weighted by atomic mass is 9.96. The molecule has 1 aromatic heterocycles. The highest BCUT2D eigenvalue weighted by atomic mass is 79.9. The van der Waals surface area contributed by atoms with Crippen LogP contribution in [0.4, 0.5) is 11.6 Å². The van der Waals surface area contributed by atoms with Gasteiger partial charge >= 0.3 is 0 Å². The summed E-state index contributed by atoms with van der Waals surface area (Å²) in [5.74, 6) is 2.80. The number of aromatic nitrogens is 2. The molecule has 0 aromatic carbocycles. The van der Waals surface area contributed by atoms with Gasteiger partial charge in [-0.1, -0.05) is 12.8 Å². The standard InChI is InChI=1S/C14H21BrN4/c1-16-13-12(15)14(18-9-17-13)19-8-4-7-11(19)10-5-2-3-6-10/h9-11H,2-8H2,1H3,(H,16,17,18). The molecule has 1 saturated heterocycles. The predicted molar refractivity (Wildman–Crippen MR) is 81.6 cm³/mol. The Morgan fingerprint density at radius 1 is 1.21 bits per heavy atom. The maximum Gasteiger partial charge on any atom is 0.148 e. The number of rotatable bonds is 3. The smallest absolute Gasteiger partial charge is 0.148 e. The fourth-order valence-electron chi connectivity index (χ4n) is 3.62. The minimum atomic E-state index is 0.679. The summed E-state index contributed by atoms with van der Waals surface area (Å²) in [5.41, 5.74) is 0. The number of anilines is 2. The fraction of sp³-hybridized carbons (Fsp3) is 0.714. The highest BCUT2D eigenvalue weighted by Crippen LogP contribution is 2.40. The molecule has 0 radical (unpaired) electrons. The molecule has 19 heavy (non-hydrogen) atoms. The zero-order valence-electron chi connectivity index (χ0n) is 11.4. The van der Waals surface area contributed by atoms with Crippen molar-refractivity contribution in [3.8, 4) is 0 Å². The van der Waals surface area contributed by atoms with E-state index in [0.29, 0.717) is 6.04 Å². The van der Waals surface area contributed by atoms with Gasteiger partial charge in [-0.2, -0.15) is 0 Å². The molecule has 1 atom stereocenters. The van der Waals surface area contributed by atoms with Crippen molar-refractivity contribution in [2.75, 3.05) is 23.8 Å². The van der Waals surface area contributed by atoms with Crippen molar-refractivity contribution < 1.29 is 0 Å². The van der Waals surface area contributed by atoms with Crippen LogP contribution in [-0.2, 0) is 0 Å². The Labute approximate surface area is 123 Å². The van der Waals surface area contributed by atoms with E-state index in [1.165, 1.54) is 38.5 Å². The van der Waals surface area contributed by atoms with Gasteiger partial charge in [0.2, 0.25) is 0 Å². The quantitative estimate of drug-likeness (QED) is 0.924. The SMILES string of the molecule is CNc1ncnc(N2CCCC2C2CCCC2)c1Br. The summed E-state index contributed by atoms with van der Waals surface area (Å²) in [4.78, 5) is 11.3. The number of hydrogen-bond donors (Lipinski definition) is 1. The van der Waals surface area contributed by atoms with E-state index >= 15 is 0 Å². The molecule has 0 amide bonds. The van der Waals surface area contributed by atoms with Crippen LogP contribution in [0.2, 0.25) is 0 Å². The van der Waals surface area contributed by atoms with E-state index in [1.807, 2.05) is 7.05 Å². The van der Waals surface area contributed by atoms with E-state index in [2.05, 4.69) is 36.1 Å². The van der Waals surface area contributed by atoms with E-state index < -0.39 is 0 Å². The first-order chi connectivity index (χ1) is 9.31. The summed E-state index contributed by atoms with van der Waals surface area (Å²) in [6.07, 6.45) is 9.85. The molecule has 2 fully saturated rings.